The van der Waals surface area contributed by atoms with Crippen molar-refractivity contribution in [2.24, 2.45) is 4.99 Å². The Bertz CT molecular complexity index is 1030. The van der Waals surface area contributed by atoms with E-state index in [9.17, 15) is 9.50 Å². The van der Waals surface area contributed by atoms with Gasteiger partial charge in [-0.05, 0) is 42.8 Å². The van der Waals surface area contributed by atoms with E-state index in [2.05, 4.69) is 25.3 Å². The van der Waals surface area contributed by atoms with Gasteiger partial charge in [-0.15, -0.1) is 24.8 Å². The molecule has 1 aliphatic heterocycles. The number of nitrogens with one attached hydrogen (secondary N) is 2. The van der Waals surface area contributed by atoms with Gasteiger partial charge in [0.1, 0.15) is 11.5 Å². The third-order valence-corrected chi connectivity index (χ3v) is 4.14. The van der Waals surface area contributed by atoms with Gasteiger partial charge in [0, 0.05) is 23.5 Å². The summed E-state index contributed by atoms with van der Waals surface area (Å²) in [4.78, 5) is 15.5. The molecule has 28 heavy (non-hydrogen) atoms. The van der Waals surface area contributed by atoms with E-state index in [1.165, 1.54) is 12.1 Å². The number of nitrogens with zero attached hydrogens (tertiary/aromatic N) is 3. The molecule has 0 saturated heterocycles. The number of hydrogen-bond donors (Lipinski definition) is 3. The van der Waals surface area contributed by atoms with Crippen LogP contribution in [0.3, 0.4) is 0 Å². The van der Waals surface area contributed by atoms with Crippen LogP contribution in [0.5, 0.6) is 5.88 Å². The molecule has 3 N–H and O–H groups in total. The molecule has 1 unspecified atom stereocenters. The molecule has 3 heterocycles. The third-order valence-electron chi connectivity index (χ3n) is 4.14. The fourth-order valence-electron chi connectivity index (χ4n) is 2.81. The highest BCUT2D eigenvalue weighted by Crippen LogP contribution is 2.32. The van der Waals surface area contributed by atoms with Crippen molar-refractivity contribution in [3.63, 3.8) is 0 Å². The predicted molar refractivity (Wildman–Crippen MR) is 113 cm³/mol. The Labute approximate surface area is 173 Å². The monoisotopic (exact) mass is 421 g/mol. The van der Waals surface area contributed by atoms with Gasteiger partial charge in [-0.1, -0.05) is 12.1 Å². The molecule has 0 amide bonds. The lowest BCUT2D eigenvalue weighted by molar-refractivity contribution is 0.455. The Hall–Kier alpha value is -2.90. The number of aliphatic imine (C=N–C) groups is 1. The molecular weight excluding hydrogens is 404 g/mol. The van der Waals surface area contributed by atoms with Gasteiger partial charge in [-0.25, -0.2) is 14.4 Å². The first-order chi connectivity index (χ1) is 12.6. The molecule has 0 spiro atoms. The standard InChI is InChI=1S/C19H16FN5O.2ClH/c1-11(12-4-2-5-14(20)8-12)23-19-24-16(18(26)25-19)9-13-10-22-17-15(13)6-3-7-21-17;;/h2-11,26H,1H3,(H2,23,24,25);2*1H. The van der Waals surface area contributed by atoms with E-state index >= 15 is 0 Å². The first-order valence-corrected chi connectivity index (χ1v) is 8.12. The van der Waals surface area contributed by atoms with Gasteiger partial charge in [0.25, 0.3) is 0 Å². The van der Waals surface area contributed by atoms with E-state index in [0.29, 0.717) is 17.5 Å². The Morgan fingerprint density at radius 1 is 1.21 bits per heavy atom. The quantitative estimate of drug-likeness (QED) is 0.557. The summed E-state index contributed by atoms with van der Waals surface area (Å²) in [6.45, 7) is 1.89. The maximum Gasteiger partial charge on any atom is 0.238 e. The summed E-state index contributed by atoms with van der Waals surface area (Å²) in [6.07, 6.45) is 5.14. The van der Waals surface area contributed by atoms with Crippen LogP contribution < -0.4 is 5.32 Å². The van der Waals surface area contributed by atoms with Crippen LogP contribution >= 0.6 is 24.8 Å². The van der Waals surface area contributed by atoms with Crippen LogP contribution in [0.1, 0.15) is 29.8 Å². The van der Waals surface area contributed by atoms with E-state index < -0.39 is 0 Å². The minimum Gasteiger partial charge on any atom is -0.492 e. The molecule has 6 nitrogen and oxygen atoms in total. The zero-order valence-electron chi connectivity index (χ0n) is 14.8. The van der Waals surface area contributed by atoms with Crippen molar-refractivity contribution in [2.75, 3.05) is 5.32 Å². The Balaban J connectivity index is 0.00000140. The lowest BCUT2D eigenvalue weighted by atomic mass is 10.1. The van der Waals surface area contributed by atoms with Crippen molar-refractivity contribution in [3.05, 3.63) is 65.2 Å². The smallest absolute Gasteiger partial charge is 0.238 e. The van der Waals surface area contributed by atoms with Crippen LogP contribution in [0, 0.1) is 5.82 Å². The molecule has 146 valence electrons. The van der Waals surface area contributed by atoms with E-state index in [-0.39, 0.29) is 42.6 Å². The normalized spacial score (nSPS) is 14.1. The Kier molecular flexibility index (Phi) is 6.77. The minimum absolute atomic E-state index is 0. The van der Waals surface area contributed by atoms with Gasteiger partial charge in [-0.3, -0.25) is 0 Å². The molecule has 4 rings (SSSR count). The van der Waals surface area contributed by atoms with Crippen molar-refractivity contribution in [2.45, 2.75) is 13.0 Å². The number of fused-ring (bicyclic) bond motifs is 1. The second-order valence-corrected chi connectivity index (χ2v) is 5.98. The van der Waals surface area contributed by atoms with Gasteiger partial charge < -0.3 is 15.4 Å². The van der Waals surface area contributed by atoms with Crippen LogP contribution in [0.2, 0.25) is 0 Å². The van der Waals surface area contributed by atoms with E-state index in [1.807, 2.05) is 25.1 Å². The maximum atomic E-state index is 13.4. The number of H-pyrrole nitrogens is 1. The minimum atomic E-state index is -0.295. The van der Waals surface area contributed by atoms with Crippen molar-refractivity contribution in [3.8, 4) is 5.88 Å². The second kappa shape index (κ2) is 8.86. The average molecular weight is 422 g/mol. The summed E-state index contributed by atoms with van der Waals surface area (Å²) in [6, 6.07) is 9.91. The van der Waals surface area contributed by atoms with Gasteiger partial charge in [0.05, 0.1) is 6.04 Å². The van der Waals surface area contributed by atoms with Gasteiger partial charge in [0.15, 0.2) is 5.82 Å². The molecule has 1 aliphatic rings. The molecule has 9 heteroatoms. The Morgan fingerprint density at radius 3 is 2.82 bits per heavy atom. The first-order valence-electron chi connectivity index (χ1n) is 8.12. The van der Waals surface area contributed by atoms with Crippen molar-refractivity contribution in [1.29, 1.82) is 0 Å². The van der Waals surface area contributed by atoms with Crippen LogP contribution in [0.25, 0.3) is 11.6 Å². The number of anilines is 1. The van der Waals surface area contributed by atoms with Crippen molar-refractivity contribution >= 4 is 54.4 Å². The number of pyridine rings is 1. The van der Waals surface area contributed by atoms with Crippen LogP contribution in [-0.4, -0.2) is 26.3 Å². The molecule has 1 atom stereocenters. The number of allylic oxidation sites excluding steroid dienone is 1. The molecule has 0 saturated carbocycles. The van der Waals surface area contributed by atoms with Gasteiger partial charge in [-0.2, -0.15) is 4.98 Å². The highest BCUT2D eigenvalue weighted by atomic mass is 35.5. The van der Waals surface area contributed by atoms with Crippen LogP contribution in [-0.2, 0) is 0 Å². The number of rotatable bonds is 4. The lowest BCUT2D eigenvalue weighted by Gasteiger charge is -2.13. The number of aromatic nitrogens is 3. The van der Waals surface area contributed by atoms with Gasteiger partial charge in [0.2, 0.25) is 11.8 Å². The average Bonchev–Trinajstić information content (AvgIpc) is 3.19. The maximum absolute atomic E-state index is 13.4. The zero-order chi connectivity index (χ0) is 18.1. The summed E-state index contributed by atoms with van der Waals surface area (Å²) in [5.74, 6) is 0.622. The first kappa shape index (κ1) is 21.4. The molecule has 1 aromatic carbocycles. The fourth-order valence-corrected chi connectivity index (χ4v) is 2.81. The number of halogens is 3. The lowest BCUT2D eigenvalue weighted by Crippen LogP contribution is -2.08. The molecule has 0 fully saturated rings. The van der Waals surface area contributed by atoms with Crippen molar-refractivity contribution < 1.29 is 9.50 Å². The summed E-state index contributed by atoms with van der Waals surface area (Å²) in [5, 5.41) is 13.2. The number of imidazole rings is 1. The SMILES string of the molecule is CC(Nc1nc(O)c(C=C2C=Nc3ncccc32)[nH]1)c1cccc(F)c1.Cl.Cl. The van der Waals surface area contributed by atoms with Gasteiger partial charge >= 0.3 is 0 Å². The largest absolute Gasteiger partial charge is 0.492 e. The molecular formula is C19H18Cl2FN5O. The summed E-state index contributed by atoms with van der Waals surface area (Å²) in [7, 11) is 0. The fraction of sp³-hybridized carbons (Fsp3) is 0.105. The van der Waals surface area contributed by atoms with E-state index in [0.717, 1.165) is 16.7 Å². The Morgan fingerprint density at radius 2 is 2.04 bits per heavy atom. The van der Waals surface area contributed by atoms with Crippen LogP contribution in [0.15, 0.2) is 47.6 Å². The number of aromatic amines is 1. The highest BCUT2D eigenvalue weighted by molar-refractivity contribution is 6.20. The predicted octanol–water partition coefficient (Wildman–Crippen LogP) is 4.92. The van der Waals surface area contributed by atoms with E-state index in [1.54, 1.807) is 24.6 Å². The number of aromatic hydroxyl groups is 1. The van der Waals surface area contributed by atoms with Crippen LogP contribution in [0.4, 0.5) is 16.2 Å². The van der Waals surface area contributed by atoms with E-state index in [4.69, 9.17) is 0 Å². The number of benzene rings is 1. The number of hydrogen-bond acceptors (Lipinski definition) is 5. The molecule has 2 aromatic heterocycles. The summed E-state index contributed by atoms with van der Waals surface area (Å²) in [5.41, 5.74) is 2.96. The third kappa shape index (κ3) is 4.32. The molecule has 0 radical (unpaired) electrons. The molecule has 0 bridgehead atoms. The molecule has 3 aromatic rings. The highest BCUT2D eigenvalue weighted by Gasteiger charge is 2.16. The summed E-state index contributed by atoms with van der Waals surface area (Å²) >= 11 is 0. The summed E-state index contributed by atoms with van der Waals surface area (Å²) < 4.78 is 13.4. The zero-order valence-corrected chi connectivity index (χ0v) is 16.4. The molecule has 0 aliphatic carbocycles. The van der Waals surface area contributed by atoms with Crippen molar-refractivity contribution in [1.82, 2.24) is 15.0 Å². The second-order valence-electron chi connectivity index (χ2n) is 5.98. The topological polar surface area (TPSA) is 86.2 Å².